The number of alkyl halides is 3. The largest absolute Gasteiger partial charge is 0.498 e. The number of nitrogens with one attached hydrogen (secondary N) is 1. The molecular weight excluding hydrogens is 478 g/mol. The first-order valence-corrected chi connectivity index (χ1v) is 11.4. The van der Waals surface area contributed by atoms with Crippen molar-refractivity contribution in [1.29, 1.82) is 5.26 Å². The third-order valence-corrected chi connectivity index (χ3v) is 7.03. The Hall–Kier alpha value is -3.18. The molecule has 0 saturated carbocycles. The molecule has 1 atom stereocenters. The van der Waals surface area contributed by atoms with Crippen molar-refractivity contribution in [3.63, 3.8) is 0 Å². The maximum absolute atomic E-state index is 12.7. The Morgan fingerprint density at radius 3 is 2.36 bits per heavy atom. The quantitative estimate of drug-likeness (QED) is 0.591. The van der Waals surface area contributed by atoms with E-state index < -0.39 is 42.0 Å². The molecule has 0 spiro atoms. The van der Waals surface area contributed by atoms with Crippen molar-refractivity contribution in [1.82, 2.24) is 25.1 Å². The third-order valence-electron chi connectivity index (χ3n) is 7.03. The normalized spacial score (nSPS) is 21.0. The van der Waals surface area contributed by atoms with E-state index in [-0.39, 0.29) is 12.1 Å². The van der Waals surface area contributed by atoms with E-state index in [2.05, 4.69) is 21.1 Å². The summed E-state index contributed by atoms with van der Waals surface area (Å²) in [5, 5.41) is 15.8. The summed E-state index contributed by atoms with van der Waals surface area (Å²) in [6.45, 7) is 9.50. The second-order valence-corrected chi connectivity index (χ2v) is 10.2. The fraction of sp³-hybridized carbons (Fsp3) is 0.591. The first-order chi connectivity index (χ1) is 16.7. The van der Waals surface area contributed by atoms with E-state index in [0.29, 0.717) is 18.9 Å². The molecule has 2 aliphatic rings. The van der Waals surface area contributed by atoms with Gasteiger partial charge < -0.3 is 19.5 Å². The van der Waals surface area contributed by atoms with E-state index in [1.807, 2.05) is 44.1 Å². The smallest absolute Gasteiger partial charge is 0.399 e. The van der Waals surface area contributed by atoms with Gasteiger partial charge in [0.1, 0.15) is 23.1 Å². The lowest BCUT2D eigenvalue weighted by atomic mass is 9.81. The minimum absolute atomic E-state index is 0.192. The molecule has 2 saturated heterocycles. The first-order valence-electron chi connectivity index (χ1n) is 11.4. The van der Waals surface area contributed by atoms with Gasteiger partial charge in [-0.1, -0.05) is 0 Å². The minimum atomic E-state index is -4.56. The van der Waals surface area contributed by atoms with Gasteiger partial charge in [0.25, 0.3) is 5.91 Å². The van der Waals surface area contributed by atoms with Crippen molar-refractivity contribution < 1.29 is 27.3 Å². The molecule has 36 heavy (non-hydrogen) atoms. The Morgan fingerprint density at radius 2 is 1.83 bits per heavy atom. The van der Waals surface area contributed by atoms with E-state index >= 15 is 0 Å². The number of aromatic nitrogens is 4. The second kappa shape index (κ2) is 8.74. The lowest BCUT2D eigenvalue weighted by Crippen LogP contribution is -2.63. The Balaban J connectivity index is 1.44. The average molecular weight is 505 g/mol. The molecule has 1 N–H and O–H groups in total. The van der Waals surface area contributed by atoms with Crippen molar-refractivity contribution >= 4 is 24.3 Å². The molecule has 0 unspecified atom stereocenters. The van der Waals surface area contributed by atoms with E-state index in [0.717, 1.165) is 18.6 Å². The van der Waals surface area contributed by atoms with Gasteiger partial charge >= 0.3 is 13.3 Å². The van der Waals surface area contributed by atoms with Gasteiger partial charge in [-0.15, -0.1) is 0 Å². The van der Waals surface area contributed by atoms with Crippen LogP contribution in [0, 0.1) is 11.3 Å². The van der Waals surface area contributed by atoms with E-state index in [9.17, 15) is 23.2 Å². The lowest BCUT2D eigenvalue weighted by Gasteiger charge is -2.49. The molecule has 0 bridgehead atoms. The number of anilines is 1. The topological polar surface area (TPSA) is 118 Å². The number of carbonyl (C=O) groups excluding carboxylic acids is 1. The summed E-state index contributed by atoms with van der Waals surface area (Å²) in [6.07, 6.45) is 1.57. The molecule has 2 fully saturated rings. The van der Waals surface area contributed by atoms with Crippen LogP contribution in [-0.4, -0.2) is 69.3 Å². The summed E-state index contributed by atoms with van der Waals surface area (Å²) in [6, 6.07) is 0.200. The molecule has 14 heteroatoms. The Morgan fingerprint density at radius 1 is 1.19 bits per heavy atom. The van der Waals surface area contributed by atoms with Gasteiger partial charge in [-0.05, 0) is 34.6 Å². The van der Waals surface area contributed by atoms with Gasteiger partial charge in [0.2, 0.25) is 0 Å². The minimum Gasteiger partial charge on any atom is -0.399 e. The first kappa shape index (κ1) is 25.9. The number of hydrogen-bond acceptors (Lipinski definition) is 8. The van der Waals surface area contributed by atoms with Gasteiger partial charge in [-0.25, -0.2) is 9.97 Å². The average Bonchev–Trinajstić information content (AvgIpc) is 3.32. The van der Waals surface area contributed by atoms with Gasteiger partial charge in [-0.3, -0.25) is 9.48 Å². The lowest BCUT2D eigenvalue weighted by molar-refractivity contribution is -0.149. The highest BCUT2D eigenvalue weighted by Gasteiger charge is 2.53. The zero-order chi connectivity index (χ0) is 26.5. The van der Waals surface area contributed by atoms with Crippen LogP contribution in [0.15, 0.2) is 24.8 Å². The molecule has 4 rings (SSSR count). The van der Waals surface area contributed by atoms with Crippen LogP contribution in [0.25, 0.3) is 0 Å². The zero-order valence-electron chi connectivity index (χ0n) is 20.6. The summed E-state index contributed by atoms with van der Waals surface area (Å²) in [4.78, 5) is 22.0. The van der Waals surface area contributed by atoms with Crippen molar-refractivity contribution in [3.8, 4) is 6.07 Å². The Kier molecular flexibility index (Phi) is 6.29. The van der Waals surface area contributed by atoms with Crippen LogP contribution in [0.1, 0.15) is 51.5 Å². The third kappa shape index (κ3) is 4.65. The van der Waals surface area contributed by atoms with Gasteiger partial charge in [-0.2, -0.15) is 23.5 Å². The van der Waals surface area contributed by atoms with Crippen molar-refractivity contribution in [2.45, 2.75) is 70.0 Å². The number of amides is 1. The number of rotatable bonds is 6. The predicted molar refractivity (Wildman–Crippen MR) is 123 cm³/mol. The zero-order valence-corrected chi connectivity index (χ0v) is 20.6. The number of halogens is 3. The fourth-order valence-electron chi connectivity index (χ4n) is 3.96. The van der Waals surface area contributed by atoms with Crippen molar-refractivity contribution in [2.24, 2.45) is 0 Å². The Labute approximate surface area is 206 Å². The summed E-state index contributed by atoms with van der Waals surface area (Å²) >= 11 is 0. The molecule has 1 amide bonds. The Bertz CT molecular complexity index is 1150. The highest BCUT2D eigenvalue weighted by molar-refractivity contribution is 6.62. The maximum atomic E-state index is 12.7. The standard InChI is InChI=1S/C22H27BF3N7O3/c1-14(22(24,25)26)31-18(34)16-9-29-17(10-28-16)32-12-21(13-32,6-7-27)33-11-15(8-30-33)23-35-19(2,3)20(4,5)36-23/h8-11,14H,6,12-13H2,1-5H3,(H,31,34)/t14-/m0/s1. The summed E-state index contributed by atoms with van der Waals surface area (Å²) < 4.78 is 52.0. The molecule has 2 aromatic rings. The SMILES string of the molecule is C[C@H](NC(=O)c1cnc(N2CC(CC#N)(n3cc(B4OC(C)(C)C(C)(C)O4)cn3)C2)cn1)C(F)(F)F. The molecule has 4 heterocycles. The van der Waals surface area contributed by atoms with Crippen LogP contribution in [-0.2, 0) is 14.8 Å². The predicted octanol–water partition coefficient (Wildman–Crippen LogP) is 1.78. The maximum Gasteiger partial charge on any atom is 0.498 e. The number of nitriles is 1. The molecule has 10 nitrogen and oxygen atoms in total. The highest BCUT2D eigenvalue weighted by atomic mass is 19.4. The number of hydrogen-bond donors (Lipinski definition) is 1. The van der Waals surface area contributed by atoms with Crippen LogP contribution >= 0.6 is 0 Å². The van der Waals surface area contributed by atoms with Gasteiger partial charge in [0, 0.05) is 30.9 Å². The highest BCUT2D eigenvalue weighted by Crippen LogP contribution is 2.37. The van der Waals surface area contributed by atoms with Crippen LogP contribution in [0.5, 0.6) is 0 Å². The van der Waals surface area contributed by atoms with Crippen LogP contribution in [0.4, 0.5) is 19.0 Å². The molecular formula is C22H27BF3N7O3. The second-order valence-electron chi connectivity index (χ2n) is 10.2. The fourth-order valence-corrected chi connectivity index (χ4v) is 3.96. The van der Waals surface area contributed by atoms with Crippen LogP contribution < -0.4 is 15.7 Å². The van der Waals surface area contributed by atoms with E-state index in [1.54, 1.807) is 10.9 Å². The number of nitrogens with zero attached hydrogens (tertiary/aromatic N) is 6. The summed E-state index contributed by atoms with van der Waals surface area (Å²) in [5.74, 6) is -0.532. The molecule has 2 aliphatic heterocycles. The van der Waals surface area contributed by atoms with Crippen LogP contribution in [0.3, 0.4) is 0 Å². The van der Waals surface area contributed by atoms with Crippen LogP contribution in [0.2, 0.25) is 0 Å². The summed E-state index contributed by atoms with van der Waals surface area (Å²) in [5.41, 5.74) is -1.09. The molecule has 0 aromatic carbocycles. The molecule has 0 radical (unpaired) electrons. The number of carbonyl (C=O) groups is 1. The van der Waals surface area contributed by atoms with Gasteiger partial charge in [0.05, 0.1) is 36.1 Å². The summed E-state index contributed by atoms with van der Waals surface area (Å²) in [7, 11) is -0.580. The molecule has 0 aliphatic carbocycles. The molecule has 192 valence electrons. The monoisotopic (exact) mass is 505 g/mol. The van der Waals surface area contributed by atoms with Crippen molar-refractivity contribution in [2.75, 3.05) is 18.0 Å². The van der Waals surface area contributed by atoms with E-state index in [1.165, 1.54) is 6.20 Å². The molecule has 2 aromatic heterocycles. The van der Waals surface area contributed by atoms with Gasteiger partial charge in [0.15, 0.2) is 0 Å². The van der Waals surface area contributed by atoms with Crippen molar-refractivity contribution in [3.05, 3.63) is 30.5 Å². The van der Waals surface area contributed by atoms with E-state index in [4.69, 9.17) is 9.31 Å².